The van der Waals surface area contributed by atoms with Crippen LogP contribution in [0.3, 0.4) is 0 Å². The summed E-state index contributed by atoms with van der Waals surface area (Å²) < 4.78 is 0. The second-order valence-electron chi connectivity index (χ2n) is 5.02. The topological polar surface area (TPSA) is 57.5 Å². The highest BCUT2D eigenvalue weighted by molar-refractivity contribution is 5.68. The van der Waals surface area contributed by atoms with Gasteiger partial charge in [-0.15, -0.1) is 0 Å². The maximum atomic E-state index is 11.0. The van der Waals surface area contributed by atoms with Gasteiger partial charge in [-0.05, 0) is 31.4 Å². The fourth-order valence-corrected chi connectivity index (χ4v) is 2.27. The Bertz CT molecular complexity index is 426. The molecule has 0 spiro atoms. The molecule has 0 aliphatic rings. The summed E-state index contributed by atoms with van der Waals surface area (Å²) in [6.07, 6.45) is 2.00. The number of rotatable bonds is 6. The van der Waals surface area contributed by atoms with Gasteiger partial charge in [0.25, 0.3) is 0 Å². The molecule has 0 amide bonds. The van der Waals surface area contributed by atoms with Crippen LogP contribution in [0.5, 0.6) is 0 Å². The zero-order chi connectivity index (χ0) is 13.8. The van der Waals surface area contributed by atoms with Crippen LogP contribution in [-0.2, 0) is 10.4 Å². The van der Waals surface area contributed by atoms with Gasteiger partial charge in [0.05, 0.1) is 6.42 Å². The highest BCUT2D eigenvalue weighted by Crippen LogP contribution is 2.33. The van der Waals surface area contributed by atoms with Crippen LogP contribution in [-0.4, -0.2) is 16.2 Å². The average molecular weight is 250 g/mol. The molecule has 0 heterocycles. The first-order valence-electron chi connectivity index (χ1n) is 6.41. The van der Waals surface area contributed by atoms with Crippen LogP contribution >= 0.6 is 0 Å². The van der Waals surface area contributed by atoms with E-state index in [9.17, 15) is 9.90 Å². The van der Waals surface area contributed by atoms with Crippen molar-refractivity contribution in [2.45, 2.75) is 52.1 Å². The lowest BCUT2D eigenvalue weighted by Crippen LogP contribution is -2.30. The average Bonchev–Trinajstić information content (AvgIpc) is 2.29. The van der Waals surface area contributed by atoms with Crippen molar-refractivity contribution >= 4 is 5.97 Å². The Morgan fingerprint density at radius 2 is 2.00 bits per heavy atom. The lowest BCUT2D eigenvalue weighted by Gasteiger charge is -2.29. The van der Waals surface area contributed by atoms with E-state index in [4.69, 9.17) is 5.11 Å². The molecule has 0 aromatic heterocycles. The van der Waals surface area contributed by atoms with Crippen LogP contribution < -0.4 is 0 Å². The first-order chi connectivity index (χ1) is 8.39. The Balaban J connectivity index is 3.15. The molecule has 0 saturated carbocycles. The monoisotopic (exact) mass is 250 g/mol. The standard InChI is InChI=1S/C15H22O3/c1-4-5-8-15(18,10-14(16)17)13-9-11(2)6-7-12(13)3/h6-7,9,18H,4-5,8,10H2,1-3H3,(H,16,17). The molecular formula is C15H22O3. The Morgan fingerprint density at radius 1 is 1.33 bits per heavy atom. The van der Waals surface area contributed by atoms with E-state index in [0.29, 0.717) is 6.42 Å². The Hall–Kier alpha value is -1.35. The van der Waals surface area contributed by atoms with Crippen molar-refractivity contribution in [3.05, 3.63) is 34.9 Å². The molecule has 3 heteroatoms. The minimum atomic E-state index is -1.25. The molecule has 0 saturated heterocycles. The van der Waals surface area contributed by atoms with Crippen LogP contribution in [0.1, 0.15) is 49.3 Å². The molecule has 1 aromatic rings. The van der Waals surface area contributed by atoms with Crippen LogP contribution in [0.4, 0.5) is 0 Å². The molecule has 2 N–H and O–H groups in total. The van der Waals surface area contributed by atoms with Crippen LogP contribution in [0, 0.1) is 13.8 Å². The molecule has 3 nitrogen and oxygen atoms in total. The van der Waals surface area contributed by atoms with Crippen molar-refractivity contribution in [1.29, 1.82) is 0 Å². The predicted octanol–water partition coefficient (Wildman–Crippen LogP) is 3.16. The molecule has 0 bridgehead atoms. The van der Waals surface area contributed by atoms with E-state index in [1.165, 1.54) is 0 Å². The van der Waals surface area contributed by atoms with Crippen molar-refractivity contribution in [2.24, 2.45) is 0 Å². The van der Waals surface area contributed by atoms with Crippen LogP contribution in [0.15, 0.2) is 18.2 Å². The van der Waals surface area contributed by atoms with Crippen molar-refractivity contribution in [3.8, 4) is 0 Å². The van der Waals surface area contributed by atoms with Gasteiger partial charge >= 0.3 is 5.97 Å². The molecule has 0 aliphatic heterocycles. The Labute approximate surface area is 108 Å². The third kappa shape index (κ3) is 3.57. The normalized spacial score (nSPS) is 14.2. The van der Waals surface area contributed by atoms with E-state index >= 15 is 0 Å². The Kier molecular flexibility index (Phi) is 4.91. The number of unbranched alkanes of at least 4 members (excludes halogenated alkanes) is 1. The zero-order valence-electron chi connectivity index (χ0n) is 11.4. The molecule has 1 rings (SSSR count). The summed E-state index contributed by atoms with van der Waals surface area (Å²) in [6.45, 7) is 5.89. The van der Waals surface area contributed by atoms with Gasteiger partial charge in [-0.25, -0.2) is 0 Å². The summed E-state index contributed by atoms with van der Waals surface area (Å²) in [7, 11) is 0. The predicted molar refractivity (Wildman–Crippen MR) is 71.6 cm³/mol. The molecule has 1 unspecified atom stereocenters. The number of carbonyl (C=O) groups is 1. The van der Waals surface area contributed by atoms with Gasteiger partial charge in [-0.1, -0.05) is 43.5 Å². The highest BCUT2D eigenvalue weighted by Gasteiger charge is 2.32. The molecule has 1 aromatic carbocycles. The van der Waals surface area contributed by atoms with Crippen LogP contribution in [0.25, 0.3) is 0 Å². The first kappa shape index (κ1) is 14.7. The fourth-order valence-electron chi connectivity index (χ4n) is 2.27. The number of aryl methyl sites for hydroxylation is 2. The van der Waals surface area contributed by atoms with E-state index in [2.05, 4.69) is 0 Å². The minimum Gasteiger partial charge on any atom is -0.481 e. The summed E-state index contributed by atoms with van der Waals surface area (Å²) in [5, 5.41) is 19.7. The zero-order valence-corrected chi connectivity index (χ0v) is 11.4. The first-order valence-corrected chi connectivity index (χ1v) is 6.41. The number of aliphatic carboxylic acids is 1. The summed E-state index contributed by atoms with van der Waals surface area (Å²) in [5.74, 6) is -0.963. The second kappa shape index (κ2) is 6.01. The van der Waals surface area contributed by atoms with Gasteiger partial charge in [0.2, 0.25) is 0 Å². The number of hydrogen-bond donors (Lipinski definition) is 2. The quantitative estimate of drug-likeness (QED) is 0.815. The Morgan fingerprint density at radius 3 is 2.56 bits per heavy atom. The van der Waals surface area contributed by atoms with Gasteiger partial charge in [0, 0.05) is 0 Å². The van der Waals surface area contributed by atoms with Gasteiger partial charge in [0.1, 0.15) is 5.60 Å². The van der Waals surface area contributed by atoms with Crippen molar-refractivity contribution in [2.75, 3.05) is 0 Å². The second-order valence-corrected chi connectivity index (χ2v) is 5.02. The van der Waals surface area contributed by atoms with E-state index in [-0.39, 0.29) is 6.42 Å². The summed E-state index contributed by atoms with van der Waals surface area (Å²) >= 11 is 0. The number of benzene rings is 1. The molecule has 18 heavy (non-hydrogen) atoms. The third-order valence-electron chi connectivity index (χ3n) is 3.28. The molecule has 0 aliphatic carbocycles. The number of carboxylic acids is 1. The largest absolute Gasteiger partial charge is 0.481 e. The molecule has 1 atom stereocenters. The molecule has 0 fully saturated rings. The number of carboxylic acid groups (broad SMARTS) is 1. The van der Waals surface area contributed by atoms with Crippen molar-refractivity contribution in [3.63, 3.8) is 0 Å². The summed E-state index contributed by atoms with van der Waals surface area (Å²) in [4.78, 5) is 11.0. The van der Waals surface area contributed by atoms with Gasteiger partial charge < -0.3 is 10.2 Å². The van der Waals surface area contributed by atoms with Gasteiger partial charge in [-0.3, -0.25) is 4.79 Å². The number of hydrogen-bond acceptors (Lipinski definition) is 2. The molecular weight excluding hydrogens is 228 g/mol. The lowest BCUT2D eigenvalue weighted by atomic mass is 9.82. The highest BCUT2D eigenvalue weighted by atomic mass is 16.4. The fraction of sp³-hybridized carbons (Fsp3) is 0.533. The lowest BCUT2D eigenvalue weighted by molar-refractivity contribution is -0.143. The SMILES string of the molecule is CCCCC(O)(CC(=O)O)c1cc(C)ccc1C. The van der Waals surface area contributed by atoms with E-state index in [1.807, 2.05) is 39.0 Å². The smallest absolute Gasteiger partial charge is 0.306 e. The maximum Gasteiger partial charge on any atom is 0.306 e. The molecule has 0 radical (unpaired) electrons. The number of aliphatic hydroxyl groups is 1. The maximum absolute atomic E-state index is 11.0. The van der Waals surface area contributed by atoms with Gasteiger partial charge in [0.15, 0.2) is 0 Å². The van der Waals surface area contributed by atoms with Crippen molar-refractivity contribution < 1.29 is 15.0 Å². The third-order valence-corrected chi connectivity index (χ3v) is 3.28. The van der Waals surface area contributed by atoms with Gasteiger partial charge in [-0.2, -0.15) is 0 Å². The van der Waals surface area contributed by atoms with E-state index in [1.54, 1.807) is 0 Å². The summed E-state index contributed by atoms with van der Waals surface area (Å²) in [6, 6.07) is 5.80. The molecule has 100 valence electrons. The van der Waals surface area contributed by atoms with Crippen LogP contribution in [0.2, 0.25) is 0 Å². The summed E-state index contributed by atoms with van der Waals surface area (Å²) in [5.41, 5.74) is 1.48. The van der Waals surface area contributed by atoms with Crippen molar-refractivity contribution in [1.82, 2.24) is 0 Å². The minimum absolute atomic E-state index is 0.239. The van der Waals surface area contributed by atoms with E-state index in [0.717, 1.165) is 29.5 Å². The van der Waals surface area contributed by atoms with E-state index < -0.39 is 11.6 Å².